The normalized spacial score (nSPS) is 12.4. The highest BCUT2D eigenvalue weighted by Crippen LogP contribution is 2.27. The Hall–Kier alpha value is -2.01. The first-order valence-electron chi connectivity index (χ1n) is 7.05. The number of esters is 1. The summed E-state index contributed by atoms with van der Waals surface area (Å²) in [6.45, 7) is 7.40. The van der Waals surface area contributed by atoms with Crippen LogP contribution < -0.4 is 0 Å². The fraction of sp³-hybridized carbons (Fsp3) is 0.438. The van der Waals surface area contributed by atoms with E-state index in [1.54, 1.807) is 6.20 Å². The van der Waals surface area contributed by atoms with E-state index in [1.165, 1.54) is 0 Å². The molecule has 1 aromatic carbocycles. The van der Waals surface area contributed by atoms with Gasteiger partial charge in [0.15, 0.2) is 0 Å². The Bertz CT molecular complexity index is 683. The van der Waals surface area contributed by atoms with E-state index in [0.717, 1.165) is 28.3 Å². The summed E-state index contributed by atoms with van der Waals surface area (Å²) in [4.78, 5) is 12.3. The third-order valence-electron chi connectivity index (χ3n) is 3.74. The van der Waals surface area contributed by atoms with Crippen LogP contribution in [0.4, 0.5) is 0 Å². The molecule has 0 bridgehead atoms. The molecule has 1 heterocycles. The Morgan fingerprint density at radius 2 is 2.10 bits per heavy atom. The van der Waals surface area contributed by atoms with Gasteiger partial charge in [0, 0.05) is 10.8 Å². The van der Waals surface area contributed by atoms with Crippen LogP contribution in [0.1, 0.15) is 47.4 Å². The monoisotopic (exact) mass is 288 g/mol. The van der Waals surface area contributed by atoms with E-state index in [1.807, 2.05) is 33.8 Å². The van der Waals surface area contributed by atoms with Gasteiger partial charge in [-0.2, -0.15) is 10.2 Å². The van der Waals surface area contributed by atoms with Gasteiger partial charge in [-0.25, -0.2) is 4.79 Å². The maximum atomic E-state index is 12.3. The quantitative estimate of drug-likeness (QED) is 0.876. The Labute approximate surface area is 124 Å². The van der Waals surface area contributed by atoms with Gasteiger partial charge >= 0.3 is 5.97 Å². The minimum absolute atomic E-state index is 0.115. The van der Waals surface area contributed by atoms with Gasteiger partial charge in [-0.3, -0.25) is 0 Å². The second-order valence-corrected chi connectivity index (χ2v) is 5.23. The van der Waals surface area contributed by atoms with Crippen LogP contribution in [0.3, 0.4) is 0 Å². The van der Waals surface area contributed by atoms with Gasteiger partial charge in [-0.15, -0.1) is 0 Å². The minimum Gasteiger partial charge on any atom is -0.459 e. The van der Waals surface area contributed by atoms with Crippen LogP contribution >= 0.6 is 0 Å². The number of aliphatic hydroxyl groups is 1. The number of fused-ring (bicyclic) bond motifs is 1. The standard InChI is InChI=1S/C16H20N2O3/c1-5-10(3)21-16(20)15-9(2)6-12-13(11(15)4)7-17-18-14(12)8-19/h6-7,10,19H,5,8H2,1-4H3. The highest BCUT2D eigenvalue weighted by molar-refractivity contribution is 6.00. The zero-order chi connectivity index (χ0) is 15.6. The smallest absolute Gasteiger partial charge is 0.338 e. The summed E-state index contributed by atoms with van der Waals surface area (Å²) in [5, 5.41) is 18.8. The lowest BCUT2D eigenvalue weighted by Crippen LogP contribution is -2.16. The Kier molecular flexibility index (Phi) is 4.53. The summed E-state index contributed by atoms with van der Waals surface area (Å²) < 4.78 is 5.43. The molecule has 0 saturated heterocycles. The fourth-order valence-corrected chi connectivity index (χ4v) is 2.37. The molecule has 21 heavy (non-hydrogen) atoms. The predicted molar refractivity (Wildman–Crippen MR) is 80.1 cm³/mol. The number of hydrogen-bond acceptors (Lipinski definition) is 5. The van der Waals surface area contributed by atoms with Crippen LogP contribution in [0.5, 0.6) is 0 Å². The summed E-state index contributed by atoms with van der Waals surface area (Å²) in [6.07, 6.45) is 2.27. The van der Waals surface area contributed by atoms with Crippen LogP contribution in [0.15, 0.2) is 12.3 Å². The topological polar surface area (TPSA) is 72.3 Å². The zero-order valence-electron chi connectivity index (χ0n) is 12.8. The van der Waals surface area contributed by atoms with Gasteiger partial charge in [0.25, 0.3) is 0 Å². The van der Waals surface area contributed by atoms with Crippen molar-refractivity contribution in [2.45, 2.75) is 46.8 Å². The van der Waals surface area contributed by atoms with Crippen molar-refractivity contribution in [3.63, 3.8) is 0 Å². The van der Waals surface area contributed by atoms with Crippen molar-refractivity contribution in [3.8, 4) is 0 Å². The van der Waals surface area contributed by atoms with Gasteiger partial charge in [0.1, 0.15) is 0 Å². The van der Waals surface area contributed by atoms with Crippen molar-refractivity contribution < 1.29 is 14.6 Å². The Balaban J connectivity index is 2.58. The summed E-state index contributed by atoms with van der Waals surface area (Å²) in [6, 6.07) is 1.86. The molecular formula is C16H20N2O3. The second kappa shape index (κ2) is 6.18. The number of ether oxygens (including phenoxy) is 1. The Morgan fingerprint density at radius 3 is 2.71 bits per heavy atom. The molecule has 1 aromatic heterocycles. The van der Waals surface area contributed by atoms with Gasteiger partial charge in [0.2, 0.25) is 0 Å². The number of carbonyl (C=O) groups excluding carboxylic acids is 1. The molecule has 2 aromatic rings. The molecule has 1 unspecified atom stereocenters. The molecule has 112 valence electrons. The SMILES string of the molecule is CCC(C)OC(=O)c1c(C)cc2c(CO)nncc2c1C. The number of benzene rings is 1. The molecule has 5 heteroatoms. The number of nitrogens with zero attached hydrogens (tertiary/aromatic N) is 2. The van der Waals surface area contributed by atoms with Crippen molar-refractivity contribution in [3.05, 3.63) is 34.6 Å². The molecule has 1 atom stereocenters. The number of hydrogen-bond donors (Lipinski definition) is 1. The number of aromatic nitrogens is 2. The summed E-state index contributed by atoms with van der Waals surface area (Å²) in [5.74, 6) is -0.316. The molecule has 1 N–H and O–H groups in total. The van der Waals surface area contributed by atoms with Gasteiger partial charge in [0.05, 0.1) is 30.2 Å². The van der Waals surface area contributed by atoms with Crippen molar-refractivity contribution in [1.29, 1.82) is 0 Å². The maximum absolute atomic E-state index is 12.3. The lowest BCUT2D eigenvalue weighted by atomic mass is 9.96. The molecule has 5 nitrogen and oxygen atoms in total. The second-order valence-electron chi connectivity index (χ2n) is 5.23. The molecule has 0 saturated carbocycles. The van der Waals surface area contributed by atoms with Crippen molar-refractivity contribution in [2.24, 2.45) is 0 Å². The number of carbonyl (C=O) groups is 1. The van der Waals surface area contributed by atoms with Crippen molar-refractivity contribution >= 4 is 16.7 Å². The van der Waals surface area contributed by atoms with Crippen molar-refractivity contribution in [1.82, 2.24) is 10.2 Å². The van der Waals surface area contributed by atoms with Gasteiger partial charge < -0.3 is 9.84 Å². The third kappa shape index (κ3) is 2.88. The zero-order valence-corrected chi connectivity index (χ0v) is 12.8. The molecule has 0 aliphatic rings. The van der Waals surface area contributed by atoms with E-state index in [9.17, 15) is 9.90 Å². The number of rotatable bonds is 4. The van der Waals surface area contributed by atoms with Crippen LogP contribution in [0, 0.1) is 13.8 Å². The summed E-state index contributed by atoms with van der Waals surface area (Å²) >= 11 is 0. The van der Waals surface area contributed by atoms with Crippen LogP contribution in [0.25, 0.3) is 10.8 Å². The molecular weight excluding hydrogens is 268 g/mol. The molecule has 0 amide bonds. The van der Waals surface area contributed by atoms with Crippen molar-refractivity contribution in [2.75, 3.05) is 0 Å². The predicted octanol–water partition coefficient (Wildman–Crippen LogP) is 2.69. The summed E-state index contributed by atoms with van der Waals surface area (Å²) in [7, 11) is 0. The number of aryl methyl sites for hydroxylation is 2. The summed E-state index contributed by atoms with van der Waals surface area (Å²) in [5.41, 5.74) is 2.71. The van der Waals surface area contributed by atoms with E-state index in [0.29, 0.717) is 11.3 Å². The van der Waals surface area contributed by atoms with E-state index in [-0.39, 0.29) is 18.7 Å². The lowest BCUT2D eigenvalue weighted by Gasteiger charge is -2.16. The van der Waals surface area contributed by atoms with Gasteiger partial charge in [-0.05, 0) is 44.4 Å². The molecule has 0 aliphatic heterocycles. The molecule has 0 spiro atoms. The average molecular weight is 288 g/mol. The van der Waals surface area contributed by atoms with E-state index in [4.69, 9.17) is 4.74 Å². The van der Waals surface area contributed by atoms with E-state index >= 15 is 0 Å². The molecule has 0 aliphatic carbocycles. The Morgan fingerprint density at radius 1 is 1.38 bits per heavy atom. The first kappa shape index (κ1) is 15.4. The molecule has 2 rings (SSSR count). The average Bonchev–Trinajstić information content (AvgIpc) is 2.46. The van der Waals surface area contributed by atoms with Crippen LogP contribution in [-0.4, -0.2) is 27.4 Å². The number of aliphatic hydroxyl groups excluding tert-OH is 1. The highest BCUT2D eigenvalue weighted by atomic mass is 16.5. The maximum Gasteiger partial charge on any atom is 0.338 e. The lowest BCUT2D eigenvalue weighted by molar-refractivity contribution is 0.0333. The highest BCUT2D eigenvalue weighted by Gasteiger charge is 2.19. The molecule has 0 radical (unpaired) electrons. The van der Waals surface area contributed by atoms with E-state index < -0.39 is 0 Å². The van der Waals surface area contributed by atoms with Crippen LogP contribution in [-0.2, 0) is 11.3 Å². The largest absolute Gasteiger partial charge is 0.459 e. The first-order valence-corrected chi connectivity index (χ1v) is 7.05. The minimum atomic E-state index is -0.316. The van der Waals surface area contributed by atoms with Crippen LogP contribution in [0.2, 0.25) is 0 Å². The third-order valence-corrected chi connectivity index (χ3v) is 3.74. The molecule has 0 fully saturated rings. The fourth-order valence-electron chi connectivity index (χ4n) is 2.37. The van der Waals surface area contributed by atoms with E-state index in [2.05, 4.69) is 10.2 Å². The van der Waals surface area contributed by atoms with Gasteiger partial charge in [-0.1, -0.05) is 6.92 Å². The first-order chi connectivity index (χ1) is 9.99.